The number of carbonyl (C=O) groups excluding carboxylic acids is 1. The number of nitrogens with one attached hydrogen (secondary N) is 1. The minimum Gasteiger partial charge on any atom is -0.466 e. The van der Waals surface area contributed by atoms with Gasteiger partial charge in [-0.05, 0) is 13.3 Å². The lowest BCUT2D eigenvalue weighted by molar-refractivity contribution is -0.136. The Morgan fingerprint density at radius 3 is 2.82 bits per heavy atom. The highest BCUT2D eigenvalue weighted by Crippen LogP contribution is 2.11. The topological polar surface area (TPSA) is 56.2 Å². The second-order valence-corrected chi connectivity index (χ2v) is 3.76. The zero-order valence-corrected chi connectivity index (χ0v) is 10.8. The number of rotatable bonds is 5. The summed E-state index contributed by atoms with van der Waals surface area (Å²) in [7, 11) is 3.27. The van der Waals surface area contributed by atoms with Crippen LogP contribution in [0.3, 0.4) is 0 Å². The lowest BCUT2D eigenvalue weighted by atomic mass is 10.2. The number of hydrogen-bond acceptors (Lipinski definition) is 4. The molecule has 0 aliphatic carbocycles. The molecule has 0 bridgehead atoms. The van der Waals surface area contributed by atoms with Crippen LogP contribution >= 0.6 is 0 Å². The average molecular weight is 237 g/mol. The Morgan fingerprint density at radius 2 is 2.35 bits per heavy atom. The van der Waals surface area contributed by atoms with Gasteiger partial charge in [0.2, 0.25) is 0 Å². The van der Waals surface area contributed by atoms with Crippen LogP contribution in [0.2, 0.25) is 0 Å². The van der Waals surface area contributed by atoms with Crippen LogP contribution in [-0.4, -0.2) is 29.4 Å². The number of nitrogens with zero attached hydrogens (tertiary/aromatic N) is 2. The summed E-state index contributed by atoms with van der Waals surface area (Å²) in [5, 5.41) is 7.43. The molecule has 1 aromatic heterocycles. The van der Waals surface area contributed by atoms with Gasteiger partial charge in [-0.1, -0.05) is 13.0 Å². The predicted octanol–water partition coefficient (Wildman–Crippen LogP) is 1.65. The van der Waals surface area contributed by atoms with Crippen molar-refractivity contribution in [2.75, 3.05) is 19.0 Å². The second-order valence-electron chi connectivity index (χ2n) is 3.76. The van der Waals surface area contributed by atoms with Crippen LogP contribution in [0.4, 0.5) is 5.69 Å². The molecule has 0 amide bonds. The number of carbonyl (C=O) groups is 1. The summed E-state index contributed by atoms with van der Waals surface area (Å²) in [5.41, 5.74) is 2.60. The fourth-order valence-electron chi connectivity index (χ4n) is 1.56. The van der Waals surface area contributed by atoms with Gasteiger partial charge in [-0.3, -0.25) is 4.68 Å². The van der Waals surface area contributed by atoms with E-state index in [2.05, 4.69) is 15.2 Å². The Balaban J connectivity index is 2.59. The molecule has 0 atom stereocenters. The molecule has 0 radical (unpaired) electrons. The van der Waals surface area contributed by atoms with Crippen LogP contribution < -0.4 is 5.32 Å². The summed E-state index contributed by atoms with van der Waals surface area (Å²) in [6.45, 7) is 4.45. The summed E-state index contributed by atoms with van der Waals surface area (Å²) in [6.07, 6.45) is 4.42. The molecule has 94 valence electrons. The maximum Gasteiger partial charge on any atom is 0.333 e. The number of esters is 1. The maximum absolute atomic E-state index is 11.3. The molecule has 0 aliphatic heterocycles. The standard InChI is InChI=1S/C12H19N3O2/c1-5-10(12(16)17-4)6-7-13-11-8-15(3)14-9(11)2/h6,8,13H,5,7H2,1-4H3. The summed E-state index contributed by atoms with van der Waals surface area (Å²) < 4.78 is 6.43. The predicted molar refractivity (Wildman–Crippen MR) is 66.8 cm³/mol. The lowest BCUT2D eigenvalue weighted by Gasteiger charge is -2.04. The van der Waals surface area contributed by atoms with Gasteiger partial charge in [0.15, 0.2) is 0 Å². The van der Waals surface area contributed by atoms with Gasteiger partial charge in [0.25, 0.3) is 0 Å². The van der Waals surface area contributed by atoms with Crippen molar-refractivity contribution in [2.45, 2.75) is 20.3 Å². The molecule has 5 heteroatoms. The number of anilines is 1. The number of aromatic nitrogens is 2. The van der Waals surface area contributed by atoms with E-state index in [9.17, 15) is 4.79 Å². The van der Waals surface area contributed by atoms with Gasteiger partial charge in [0.1, 0.15) is 0 Å². The normalized spacial score (nSPS) is 11.4. The highest BCUT2D eigenvalue weighted by molar-refractivity contribution is 5.88. The third kappa shape index (κ3) is 3.62. The van der Waals surface area contributed by atoms with E-state index in [1.807, 2.05) is 33.2 Å². The van der Waals surface area contributed by atoms with Gasteiger partial charge < -0.3 is 10.1 Å². The summed E-state index contributed by atoms with van der Waals surface area (Å²) >= 11 is 0. The number of ether oxygens (including phenoxy) is 1. The fraction of sp³-hybridized carbons (Fsp3) is 0.500. The van der Waals surface area contributed by atoms with Crippen molar-refractivity contribution in [3.8, 4) is 0 Å². The number of aryl methyl sites for hydroxylation is 2. The molecule has 1 N–H and O–H groups in total. The van der Waals surface area contributed by atoms with Crippen molar-refractivity contribution in [2.24, 2.45) is 7.05 Å². The smallest absolute Gasteiger partial charge is 0.333 e. The van der Waals surface area contributed by atoms with Crippen molar-refractivity contribution >= 4 is 11.7 Å². The van der Waals surface area contributed by atoms with Crippen molar-refractivity contribution in [1.82, 2.24) is 9.78 Å². The van der Waals surface area contributed by atoms with E-state index in [1.165, 1.54) is 7.11 Å². The zero-order chi connectivity index (χ0) is 12.8. The third-order valence-electron chi connectivity index (χ3n) is 2.48. The molecular weight excluding hydrogens is 218 g/mol. The van der Waals surface area contributed by atoms with Crippen LogP contribution in [0.15, 0.2) is 17.8 Å². The van der Waals surface area contributed by atoms with Crippen LogP contribution in [0.5, 0.6) is 0 Å². The van der Waals surface area contributed by atoms with E-state index in [4.69, 9.17) is 0 Å². The van der Waals surface area contributed by atoms with Gasteiger partial charge >= 0.3 is 5.97 Å². The van der Waals surface area contributed by atoms with E-state index in [0.29, 0.717) is 18.5 Å². The molecule has 0 saturated heterocycles. The Kier molecular flexibility index (Phi) is 4.75. The van der Waals surface area contributed by atoms with E-state index in [0.717, 1.165) is 11.4 Å². The molecule has 17 heavy (non-hydrogen) atoms. The molecular formula is C12H19N3O2. The number of methoxy groups -OCH3 is 1. The van der Waals surface area contributed by atoms with Crippen LogP contribution in [-0.2, 0) is 16.6 Å². The first kappa shape index (κ1) is 13.3. The summed E-state index contributed by atoms with van der Waals surface area (Å²) in [4.78, 5) is 11.3. The molecule has 5 nitrogen and oxygen atoms in total. The van der Waals surface area contributed by atoms with Crippen LogP contribution in [0, 0.1) is 6.92 Å². The lowest BCUT2D eigenvalue weighted by Crippen LogP contribution is -2.07. The molecule has 1 heterocycles. The Bertz CT molecular complexity index is 421. The average Bonchev–Trinajstić information content (AvgIpc) is 2.62. The van der Waals surface area contributed by atoms with Gasteiger partial charge in [-0.25, -0.2) is 4.79 Å². The largest absolute Gasteiger partial charge is 0.466 e. The third-order valence-corrected chi connectivity index (χ3v) is 2.48. The Hall–Kier alpha value is -1.78. The molecule has 0 fully saturated rings. The quantitative estimate of drug-likeness (QED) is 0.625. The van der Waals surface area contributed by atoms with Crippen molar-refractivity contribution in [1.29, 1.82) is 0 Å². The monoisotopic (exact) mass is 237 g/mol. The molecule has 0 aliphatic rings. The van der Waals surface area contributed by atoms with Crippen molar-refractivity contribution in [3.05, 3.63) is 23.5 Å². The number of hydrogen-bond donors (Lipinski definition) is 1. The Labute approximate surface area is 101 Å². The highest BCUT2D eigenvalue weighted by Gasteiger charge is 2.06. The van der Waals surface area contributed by atoms with E-state index >= 15 is 0 Å². The Morgan fingerprint density at radius 1 is 1.65 bits per heavy atom. The molecule has 1 aromatic rings. The molecule has 0 unspecified atom stereocenters. The van der Waals surface area contributed by atoms with Gasteiger partial charge in [0.05, 0.1) is 18.5 Å². The maximum atomic E-state index is 11.3. The van der Waals surface area contributed by atoms with Crippen LogP contribution in [0.25, 0.3) is 0 Å². The van der Waals surface area contributed by atoms with E-state index < -0.39 is 0 Å². The van der Waals surface area contributed by atoms with E-state index in [-0.39, 0.29) is 5.97 Å². The minimum atomic E-state index is -0.266. The molecule has 0 spiro atoms. The van der Waals surface area contributed by atoms with Gasteiger partial charge in [0, 0.05) is 25.4 Å². The van der Waals surface area contributed by atoms with Crippen molar-refractivity contribution in [3.63, 3.8) is 0 Å². The SMILES string of the molecule is CCC(=CCNc1cn(C)nc1C)C(=O)OC. The first-order chi connectivity index (χ1) is 8.08. The van der Waals surface area contributed by atoms with Gasteiger partial charge in [-0.2, -0.15) is 5.10 Å². The van der Waals surface area contributed by atoms with Crippen LogP contribution in [0.1, 0.15) is 19.0 Å². The molecule has 0 aromatic carbocycles. The first-order valence-electron chi connectivity index (χ1n) is 5.60. The second kappa shape index (κ2) is 6.08. The minimum absolute atomic E-state index is 0.266. The van der Waals surface area contributed by atoms with E-state index in [1.54, 1.807) is 4.68 Å². The zero-order valence-electron chi connectivity index (χ0n) is 10.8. The molecule has 1 rings (SSSR count). The summed E-state index contributed by atoms with van der Waals surface area (Å²) in [6, 6.07) is 0. The van der Waals surface area contributed by atoms with Gasteiger partial charge in [-0.15, -0.1) is 0 Å². The van der Waals surface area contributed by atoms with Crippen molar-refractivity contribution < 1.29 is 9.53 Å². The highest BCUT2D eigenvalue weighted by atomic mass is 16.5. The summed E-state index contributed by atoms with van der Waals surface area (Å²) in [5.74, 6) is -0.266. The fourth-order valence-corrected chi connectivity index (χ4v) is 1.56. The molecule has 0 saturated carbocycles. The first-order valence-corrected chi connectivity index (χ1v) is 5.60.